The van der Waals surface area contributed by atoms with Crippen LogP contribution in [0, 0.1) is 5.41 Å². The standard InChI is InChI=1S/C22H40N2O7.CO2.2H2S/c1-20(2,3)13-12-15(18(28)31-22(7,8)9)24-19(29)23-14(10-11-16(25)26)17(27)30-21(4,5)6;2-1-3;;/h14-15H,10-13H2,1-9H3,(H,25,26)(H2,23,24,29);;2*1H2/t14-,15-;;;/m0.../s1. The number of amides is 2. The first-order valence-electron chi connectivity index (χ1n) is 10.9. The summed E-state index contributed by atoms with van der Waals surface area (Å²) < 4.78 is 10.7. The summed E-state index contributed by atoms with van der Waals surface area (Å²) in [6.07, 6.45) is 0.768. The molecule has 0 rings (SSSR count). The van der Waals surface area contributed by atoms with E-state index in [-0.39, 0.29) is 51.4 Å². The highest BCUT2D eigenvalue weighted by atomic mass is 32.1. The largest absolute Gasteiger partial charge is 0.481 e. The molecule has 0 spiro atoms. The van der Waals surface area contributed by atoms with Crippen molar-refractivity contribution in [3.8, 4) is 0 Å². The van der Waals surface area contributed by atoms with E-state index in [4.69, 9.17) is 24.2 Å². The van der Waals surface area contributed by atoms with Crippen LogP contribution in [-0.4, -0.2) is 58.5 Å². The third-order valence-corrected chi connectivity index (χ3v) is 3.82. The topological polar surface area (TPSA) is 165 Å². The maximum absolute atomic E-state index is 12.6. The molecule has 0 aliphatic carbocycles. The molecule has 36 heavy (non-hydrogen) atoms. The van der Waals surface area contributed by atoms with Gasteiger partial charge in [-0.3, -0.25) is 4.79 Å². The normalized spacial score (nSPS) is 12.5. The molecule has 11 nitrogen and oxygen atoms in total. The highest BCUT2D eigenvalue weighted by Gasteiger charge is 2.31. The average Bonchev–Trinajstić information content (AvgIpc) is 2.58. The second-order valence-corrected chi connectivity index (χ2v) is 10.9. The van der Waals surface area contributed by atoms with Gasteiger partial charge in [-0.05, 0) is 66.2 Å². The molecule has 212 valence electrons. The van der Waals surface area contributed by atoms with Gasteiger partial charge in [-0.15, -0.1) is 0 Å². The number of urea groups is 1. The summed E-state index contributed by atoms with van der Waals surface area (Å²) in [5.74, 6) is -2.42. The van der Waals surface area contributed by atoms with Crippen molar-refractivity contribution in [3.63, 3.8) is 0 Å². The predicted molar refractivity (Wildman–Crippen MR) is 142 cm³/mol. The molecule has 13 heteroatoms. The Bertz CT molecular complexity index is 733. The third kappa shape index (κ3) is 24.9. The molecule has 0 aliphatic rings. The van der Waals surface area contributed by atoms with Crippen LogP contribution in [0.4, 0.5) is 4.79 Å². The van der Waals surface area contributed by atoms with Crippen LogP contribution in [0.3, 0.4) is 0 Å². The number of carbonyl (C=O) groups is 4. The molecule has 0 saturated heterocycles. The molecular formula is C23H44N2O9S2. The minimum atomic E-state index is -1.17. The number of hydrogen-bond acceptors (Lipinski definition) is 8. The van der Waals surface area contributed by atoms with E-state index in [0.717, 1.165) is 0 Å². The predicted octanol–water partition coefficient (Wildman–Crippen LogP) is 3.04. The van der Waals surface area contributed by atoms with E-state index in [2.05, 4.69) is 10.6 Å². The Morgan fingerprint density at radius 1 is 0.750 bits per heavy atom. The minimum absolute atomic E-state index is 0. The molecule has 0 aromatic heterocycles. The maximum atomic E-state index is 12.6. The van der Waals surface area contributed by atoms with Gasteiger partial charge in [-0.2, -0.15) is 36.6 Å². The highest BCUT2D eigenvalue weighted by molar-refractivity contribution is 7.59. The molecule has 0 heterocycles. The quantitative estimate of drug-likeness (QED) is 0.362. The van der Waals surface area contributed by atoms with Gasteiger partial charge >= 0.3 is 30.1 Å². The minimum Gasteiger partial charge on any atom is -0.481 e. The Morgan fingerprint density at radius 2 is 1.08 bits per heavy atom. The fourth-order valence-electron chi connectivity index (χ4n) is 2.45. The van der Waals surface area contributed by atoms with Crippen molar-refractivity contribution in [2.45, 2.75) is 111 Å². The Labute approximate surface area is 227 Å². The van der Waals surface area contributed by atoms with Crippen LogP contribution < -0.4 is 10.6 Å². The van der Waals surface area contributed by atoms with Gasteiger partial charge in [0.2, 0.25) is 0 Å². The Balaban J connectivity index is -0.000000970. The number of nitrogens with one attached hydrogen (secondary N) is 2. The van der Waals surface area contributed by atoms with Gasteiger partial charge in [0, 0.05) is 6.42 Å². The number of esters is 2. The Kier molecular flexibility index (Phi) is 20.5. The molecule has 0 aromatic rings. The monoisotopic (exact) mass is 556 g/mol. The van der Waals surface area contributed by atoms with E-state index in [1.54, 1.807) is 41.5 Å². The Morgan fingerprint density at radius 3 is 1.36 bits per heavy atom. The number of aliphatic carboxylic acids is 1. The lowest BCUT2D eigenvalue weighted by Gasteiger charge is -2.28. The summed E-state index contributed by atoms with van der Waals surface area (Å²) in [6, 6.07) is -2.86. The van der Waals surface area contributed by atoms with E-state index < -0.39 is 47.2 Å². The van der Waals surface area contributed by atoms with Crippen molar-refractivity contribution in [1.29, 1.82) is 0 Å². The third-order valence-electron chi connectivity index (χ3n) is 3.82. The second kappa shape index (κ2) is 18.1. The number of carboxylic acid groups (broad SMARTS) is 1. The number of carbonyl (C=O) groups excluding carboxylic acids is 5. The van der Waals surface area contributed by atoms with Crippen molar-refractivity contribution in [3.05, 3.63) is 0 Å². The fourth-order valence-corrected chi connectivity index (χ4v) is 2.45. The fraction of sp³-hybridized carbons (Fsp3) is 0.783. The van der Waals surface area contributed by atoms with Crippen LogP contribution in [0.25, 0.3) is 0 Å². The SMILES string of the molecule is CC(C)(C)CC[C@H](NC(=O)N[C@@H](CCC(=O)O)C(=O)OC(C)(C)C)C(=O)OC(C)(C)C.O=C=O.S.S. The van der Waals surface area contributed by atoms with Crippen molar-refractivity contribution >= 4 is 57.1 Å². The summed E-state index contributed by atoms with van der Waals surface area (Å²) >= 11 is 0. The van der Waals surface area contributed by atoms with Crippen LogP contribution in [0.15, 0.2) is 0 Å². The molecule has 0 radical (unpaired) electrons. The first-order valence-corrected chi connectivity index (χ1v) is 10.9. The highest BCUT2D eigenvalue weighted by Crippen LogP contribution is 2.22. The summed E-state index contributed by atoms with van der Waals surface area (Å²) in [7, 11) is 0. The summed E-state index contributed by atoms with van der Waals surface area (Å²) in [6.45, 7) is 16.3. The van der Waals surface area contributed by atoms with Gasteiger partial charge in [-0.1, -0.05) is 20.8 Å². The van der Waals surface area contributed by atoms with Gasteiger partial charge in [0.05, 0.1) is 0 Å². The number of hydrogen-bond donors (Lipinski definition) is 3. The van der Waals surface area contributed by atoms with E-state index in [9.17, 15) is 19.2 Å². The lowest BCUT2D eigenvalue weighted by Crippen LogP contribution is -2.53. The van der Waals surface area contributed by atoms with Gasteiger partial charge in [0.15, 0.2) is 0 Å². The molecular weight excluding hydrogens is 512 g/mol. The van der Waals surface area contributed by atoms with E-state index in [0.29, 0.717) is 12.8 Å². The maximum Gasteiger partial charge on any atom is 0.373 e. The summed E-state index contributed by atoms with van der Waals surface area (Å²) in [5.41, 5.74) is -1.60. The van der Waals surface area contributed by atoms with Crippen LogP contribution in [-0.2, 0) is 33.4 Å². The van der Waals surface area contributed by atoms with Gasteiger partial charge in [0.25, 0.3) is 0 Å². The van der Waals surface area contributed by atoms with Crippen molar-refractivity contribution in [1.82, 2.24) is 10.6 Å². The molecule has 0 bridgehead atoms. The summed E-state index contributed by atoms with van der Waals surface area (Å²) in [4.78, 5) is 64.8. The number of carboxylic acids is 1. The molecule has 0 aliphatic heterocycles. The Hall–Kier alpha value is -2.24. The zero-order chi connectivity index (χ0) is 27.3. The van der Waals surface area contributed by atoms with E-state index in [1.807, 2.05) is 20.8 Å². The van der Waals surface area contributed by atoms with Crippen molar-refractivity contribution < 1.29 is 43.3 Å². The zero-order valence-electron chi connectivity index (χ0n) is 22.7. The molecule has 0 unspecified atom stereocenters. The van der Waals surface area contributed by atoms with Crippen LogP contribution in [0.2, 0.25) is 0 Å². The van der Waals surface area contributed by atoms with Crippen LogP contribution in [0.5, 0.6) is 0 Å². The second-order valence-electron chi connectivity index (χ2n) is 10.9. The van der Waals surface area contributed by atoms with Crippen LogP contribution in [0.1, 0.15) is 88.0 Å². The smallest absolute Gasteiger partial charge is 0.373 e. The van der Waals surface area contributed by atoms with Gasteiger partial charge < -0.3 is 25.2 Å². The molecule has 2 atom stereocenters. The average molecular weight is 557 g/mol. The molecule has 0 aromatic carbocycles. The molecule has 0 fully saturated rings. The molecule has 2 amide bonds. The number of rotatable bonds is 9. The zero-order valence-corrected chi connectivity index (χ0v) is 24.7. The first kappa shape index (κ1) is 40.9. The lowest BCUT2D eigenvalue weighted by atomic mass is 9.88. The number of ether oxygens (including phenoxy) is 2. The van der Waals surface area contributed by atoms with Crippen molar-refractivity contribution in [2.75, 3.05) is 0 Å². The first-order chi connectivity index (χ1) is 15.2. The van der Waals surface area contributed by atoms with Gasteiger partial charge in [0.1, 0.15) is 23.3 Å². The summed E-state index contributed by atoms with van der Waals surface area (Å²) in [5, 5.41) is 14.0. The van der Waals surface area contributed by atoms with Gasteiger partial charge in [-0.25, -0.2) is 14.4 Å². The van der Waals surface area contributed by atoms with E-state index in [1.165, 1.54) is 0 Å². The van der Waals surface area contributed by atoms with Crippen LogP contribution >= 0.6 is 27.0 Å². The van der Waals surface area contributed by atoms with E-state index >= 15 is 0 Å². The lowest BCUT2D eigenvalue weighted by molar-refractivity contribution is -0.191. The molecule has 3 N–H and O–H groups in total. The molecule has 0 saturated carbocycles. The van der Waals surface area contributed by atoms with Crippen molar-refractivity contribution in [2.24, 2.45) is 5.41 Å².